The first kappa shape index (κ1) is 13.3. The average molecular weight is 259 g/mol. The van der Waals surface area contributed by atoms with Gasteiger partial charge in [-0.25, -0.2) is 0 Å². The number of nitrogens with zero attached hydrogens (tertiary/aromatic N) is 2. The van der Waals surface area contributed by atoms with Gasteiger partial charge in [0.15, 0.2) is 0 Å². The molecule has 2 rings (SSSR count). The third-order valence-electron chi connectivity index (χ3n) is 2.42. The first-order valence-corrected chi connectivity index (χ1v) is 6.25. The van der Waals surface area contributed by atoms with Gasteiger partial charge >= 0.3 is 0 Å². The van der Waals surface area contributed by atoms with Crippen molar-refractivity contribution in [3.8, 4) is 17.4 Å². The van der Waals surface area contributed by atoms with Crippen LogP contribution in [0.25, 0.3) is 0 Å². The monoisotopic (exact) mass is 259 g/mol. The molecular formula is C14H17N3O2. The lowest BCUT2D eigenvalue weighted by atomic mass is 10.3. The molecule has 0 radical (unpaired) electrons. The van der Waals surface area contributed by atoms with Crippen LogP contribution in [0.2, 0.25) is 0 Å². The first-order valence-electron chi connectivity index (χ1n) is 6.25. The lowest BCUT2D eigenvalue weighted by Gasteiger charge is -2.07. The van der Waals surface area contributed by atoms with Gasteiger partial charge in [0.05, 0.1) is 12.3 Å². The fourth-order valence-electron chi connectivity index (χ4n) is 1.46. The van der Waals surface area contributed by atoms with Gasteiger partial charge < -0.3 is 15.2 Å². The van der Waals surface area contributed by atoms with E-state index in [1.54, 1.807) is 12.1 Å². The highest BCUT2D eigenvalue weighted by atomic mass is 16.5. The molecule has 5 heteroatoms. The molecule has 2 aromatic rings. The molecule has 100 valence electrons. The Labute approximate surface area is 112 Å². The summed E-state index contributed by atoms with van der Waals surface area (Å²) in [6.07, 6.45) is 0.987. The molecule has 0 unspecified atom stereocenters. The van der Waals surface area contributed by atoms with Crippen molar-refractivity contribution in [2.45, 2.75) is 19.9 Å². The molecule has 0 aliphatic heterocycles. The Hall–Kier alpha value is -2.14. The normalized spacial score (nSPS) is 10.2. The van der Waals surface area contributed by atoms with Crippen LogP contribution in [0.4, 0.5) is 0 Å². The van der Waals surface area contributed by atoms with E-state index in [1.165, 1.54) is 0 Å². The Bertz CT molecular complexity index is 497. The molecular weight excluding hydrogens is 242 g/mol. The third-order valence-corrected chi connectivity index (χ3v) is 2.42. The van der Waals surface area contributed by atoms with E-state index in [2.05, 4.69) is 17.1 Å². The van der Waals surface area contributed by atoms with E-state index in [-0.39, 0.29) is 0 Å². The maximum absolute atomic E-state index is 5.57. The molecule has 0 saturated heterocycles. The summed E-state index contributed by atoms with van der Waals surface area (Å²) in [5.41, 5.74) is 6.18. The molecule has 0 fully saturated rings. The summed E-state index contributed by atoms with van der Waals surface area (Å²) in [5.74, 6) is 1.97. The molecule has 1 heterocycles. The lowest BCUT2D eigenvalue weighted by molar-refractivity contribution is 0.317. The van der Waals surface area contributed by atoms with Gasteiger partial charge in [0.25, 0.3) is 0 Å². The van der Waals surface area contributed by atoms with Crippen LogP contribution in [0.3, 0.4) is 0 Å². The van der Waals surface area contributed by atoms with Crippen LogP contribution in [0.1, 0.15) is 19.0 Å². The lowest BCUT2D eigenvalue weighted by Crippen LogP contribution is -2.01. The Balaban J connectivity index is 1.98. The molecule has 5 nitrogen and oxygen atoms in total. The Kier molecular flexibility index (Phi) is 4.69. The molecule has 0 saturated carbocycles. The molecule has 1 aromatic carbocycles. The van der Waals surface area contributed by atoms with Crippen LogP contribution in [0, 0.1) is 0 Å². The fraction of sp³-hybridized carbons (Fsp3) is 0.286. The van der Waals surface area contributed by atoms with Gasteiger partial charge in [-0.05, 0) is 36.8 Å². The van der Waals surface area contributed by atoms with E-state index < -0.39 is 0 Å². The number of hydrogen-bond donors (Lipinski definition) is 1. The average Bonchev–Trinajstić information content (AvgIpc) is 2.47. The smallest absolute Gasteiger partial charge is 0.238 e. The van der Waals surface area contributed by atoms with Gasteiger partial charge in [0, 0.05) is 12.6 Å². The summed E-state index contributed by atoms with van der Waals surface area (Å²) in [6, 6.07) is 10.9. The van der Waals surface area contributed by atoms with Gasteiger partial charge in [-0.1, -0.05) is 6.92 Å². The van der Waals surface area contributed by atoms with E-state index in [4.69, 9.17) is 15.2 Å². The van der Waals surface area contributed by atoms with E-state index in [9.17, 15) is 0 Å². The highest BCUT2D eigenvalue weighted by molar-refractivity contribution is 5.33. The summed E-state index contributed by atoms with van der Waals surface area (Å²) in [7, 11) is 0. The molecule has 19 heavy (non-hydrogen) atoms. The maximum Gasteiger partial charge on any atom is 0.238 e. The molecule has 1 aromatic heterocycles. The predicted molar refractivity (Wildman–Crippen MR) is 72.2 cm³/mol. The minimum absolute atomic E-state index is 0.372. The van der Waals surface area contributed by atoms with Crippen molar-refractivity contribution in [3.05, 3.63) is 42.1 Å². The second-order valence-corrected chi connectivity index (χ2v) is 3.99. The molecule has 0 bridgehead atoms. The summed E-state index contributed by atoms with van der Waals surface area (Å²) >= 11 is 0. The van der Waals surface area contributed by atoms with Crippen LogP contribution in [-0.4, -0.2) is 16.8 Å². The first-order chi connectivity index (χ1) is 9.31. The van der Waals surface area contributed by atoms with E-state index >= 15 is 0 Å². The van der Waals surface area contributed by atoms with Crippen molar-refractivity contribution in [1.29, 1.82) is 0 Å². The number of rotatable bonds is 6. The minimum atomic E-state index is 0.372. The van der Waals surface area contributed by atoms with Crippen LogP contribution in [0.15, 0.2) is 36.4 Å². The van der Waals surface area contributed by atoms with Gasteiger partial charge in [-0.15, -0.1) is 5.10 Å². The number of hydrogen-bond acceptors (Lipinski definition) is 5. The van der Waals surface area contributed by atoms with Crippen molar-refractivity contribution in [1.82, 2.24) is 10.2 Å². The van der Waals surface area contributed by atoms with E-state index in [0.717, 1.165) is 17.9 Å². The second-order valence-electron chi connectivity index (χ2n) is 3.99. The Morgan fingerprint density at radius 3 is 2.32 bits per heavy atom. The van der Waals surface area contributed by atoms with Gasteiger partial charge in [-0.2, -0.15) is 5.10 Å². The second kappa shape index (κ2) is 6.70. The number of ether oxygens (including phenoxy) is 2. The quantitative estimate of drug-likeness (QED) is 0.863. The topological polar surface area (TPSA) is 70.3 Å². The molecule has 0 spiro atoms. The Morgan fingerprint density at radius 2 is 1.74 bits per heavy atom. The largest absolute Gasteiger partial charge is 0.494 e. The molecule has 0 aliphatic rings. The molecule has 0 aliphatic carbocycles. The van der Waals surface area contributed by atoms with Crippen LogP contribution < -0.4 is 15.2 Å². The van der Waals surface area contributed by atoms with Crippen molar-refractivity contribution >= 4 is 0 Å². The zero-order valence-corrected chi connectivity index (χ0v) is 10.9. The number of benzene rings is 1. The van der Waals surface area contributed by atoms with Crippen molar-refractivity contribution < 1.29 is 9.47 Å². The predicted octanol–water partition coefficient (Wildman–Crippen LogP) is 2.52. The SMILES string of the molecule is CCCOc1ccc(Oc2ccc(CN)nn2)cc1. The third kappa shape index (κ3) is 3.93. The number of nitrogens with two attached hydrogens (primary N) is 1. The maximum atomic E-state index is 5.57. The molecule has 2 N–H and O–H groups in total. The Morgan fingerprint density at radius 1 is 1.00 bits per heavy atom. The van der Waals surface area contributed by atoms with Gasteiger partial charge in [0.1, 0.15) is 11.5 Å². The van der Waals surface area contributed by atoms with Crippen molar-refractivity contribution in [3.63, 3.8) is 0 Å². The van der Waals surface area contributed by atoms with Crippen LogP contribution in [-0.2, 0) is 6.54 Å². The summed E-state index contributed by atoms with van der Waals surface area (Å²) < 4.78 is 11.1. The standard InChI is InChI=1S/C14H17N3O2/c1-2-9-18-12-4-6-13(7-5-12)19-14-8-3-11(10-15)16-17-14/h3-8H,2,9-10,15H2,1H3. The van der Waals surface area contributed by atoms with Crippen molar-refractivity contribution in [2.24, 2.45) is 5.73 Å². The summed E-state index contributed by atoms with van der Waals surface area (Å²) in [6.45, 7) is 3.16. The summed E-state index contributed by atoms with van der Waals surface area (Å²) in [5, 5.41) is 7.86. The van der Waals surface area contributed by atoms with Crippen molar-refractivity contribution in [2.75, 3.05) is 6.61 Å². The van der Waals surface area contributed by atoms with Crippen LogP contribution >= 0.6 is 0 Å². The molecule has 0 amide bonds. The number of aromatic nitrogens is 2. The molecule has 0 atom stereocenters. The highest BCUT2D eigenvalue weighted by Gasteiger charge is 2.01. The fourth-order valence-corrected chi connectivity index (χ4v) is 1.46. The van der Waals surface area contributed by atoms with E-state index in [0.29, 0.717) is 24.8 Å². The highest BCUT2D eigenvalue weighted by Crippen LogP contribution is 2.22. The summed E-state index contributed by atoms with van der Waals surface area (Å²) in [4.78, 5) is 0. The van der Waals surface area contributed by atoms with E-state index in [1.807, 2.05) is 24.3 Å². The van der Waals surface area contributed by atoms with Crippen LogP contribution in [0.5, 0.6) is 17.4 Å². The minimum Gasteiger partial charge on any atom is -0.494 e. The van der Waals surface area contributed by atoms with Gasteiger partial charge in [0.2, 0.25) is 5.88 Å². The zero-order chi connectivity index (χ0) is 13.5. The zero-order valence-electron chi connectivity index (χ0n) is 10.9. The van der Waals surface area contributed by atoms with Gasteiger partial charge in [-0.3, -0.25) is 0 Å².